The molecular weight excluding hydrogens is 492 g/mol. The van der Waals surface area contributed by atoms with Gasteiger partial charge in [-0.1, -0.05) is 0 Å². The second kappa shape index (κ2) is 9.61. The molecule has 1 aliphatic heterocycles. The molecule has 0 bridgehead atoms. The van der Waals surface area contributed by atoms with Crippen molar-refractivity contribution in [2.24, 2.45) is 0 Å². The SMILES string of the molecule is CN(C)CCn1cc(-c2ccc(F)c(C(F)(F)F)c2)nc1C1CCN(c2ncnc3[nH]c(=O)[nH]c23)CC1. The topological polar surface area (TPSA) is 98.7 Å². The predicted molar refractivity (Wildman–Crippen MR) is 130 cm³/mol. The van der Waals surface area contributed by atoms with Gasteiger partial charge in [-0.15, -0.1) is 0 Å². The molecule has 196 valence electrons. The van der Waals surface area contributed by atoms with Gasteiger partial charge in [0.25, 0.3) is 0 Å². The molecule has 4 aromatic rings. The standard InChI is InChI=1S/C24H26F4N8O/c1-34(2)9-10-36-12-18(15-3-4-17(25)16(11-15)24(26,27)28)31-21(36)14-5-7-35(8-6-14)22-19-20(29-13-30-22)33-23(37)32-19/h3-4,11-14H,5-10H2,1-2H3,(H2,29,30,32,33,37). The number of hydrogen-bond acceptors (Lipinski definition) is 6. The maximum Gasteiger partial charge on any atom is 0.419 e. The molecule has 4 heterocycles. The number of anilines is 1. The molecule has 2 N–H and O–H groups in total. The van der Waals surface area contributed by atoms with Crippen molar-refractivity contribution < 1.29 is 17.6 Å². The number of aromatic amines is 2. The van der Waals surface area contributed by atoms with E-state index in [1.54, 1.807) is 6.20 Å². The van der Waals surface area contributed by atoms with Gasteiger partial charge in [0.05, 0.1) is 11.3 Å². The van der Waals surface area contributed by atoms with Crippen molar-refractivity contribution in [1.82, 2.24) is 34.4 Å². The first kappa shape index (κ1) is 24.9. The minimum absolute atomic E-state index is 0.0669. The van der Waals surface area contributed by atoms with Crippen molar-refractivity contribution in [3.63, 3.8) is 0 Å². The molecule has 0 saturated carbocycles. The van der Waals surface area contributed by atoms with Gasteiger partial charge in [-0.25, -0.2) is 24.1 Å². The first-order valence-corrected chi connectivity index (χ1v) is 11.9. The van der Waals surface area contributed by atoms with Crippen LogP contribution in [-0.4, -0.2) is 68.1 Å². The molecule has 1 fully saturated rings. The maximum absolute atomic E-state index is 13.9. The van der Waals surface area contributed by atoms with Gasteiger partial charge in [-0.2, -0.15) is 13.2 Å². The molecule has 13 heteroatoms. The molecule has 0 aliphatic carbocycles. The van der Waals surface area contributed by atoms with E-state index in [1.165, 1.54) is 12.4 Å². The van der Waals surface area contributed by atoms with E-state index in [1.807, 2.05) is 23.6 Å². The van der Waals surface area contributed by atoms with E-state index >= 15 is 0 Å². The molecule has 0 amide bonds. The highest BCUT2D eigenvalue weighted by molar-refractivity contribution is 5.82. The number of hydrogen-bond donors (Lipinski definition) is 2. The van der Waals surface area contributed by atoms with E-state index < -0.39 is 17.6 Å². The summed E-state index contributed by atoms with van der Waals surface area (Å²) in [6.07, 6.45) is -0.173. The number of imidazole rings is 2. The molecule has 5 rings (SSSR count). The molecular formula is C24H26F4N8O. The Bertz CT molecular complexity index is 1460. The zero-order valence-electron chi connectivity index (χ0n) is 20.3. The van der Waals surface area contributed by atoms with Crippen LogP contribution >= 0.6 is 0 Å². The van der Waals surface area contributed by atoms with Crippen molar-refractivity contribution >= 4 is 17.0 Å². The van der Waals surface area contributed by atoms with E-state index in [0.717, 1.165) is 37.3 Å². The Morgan fingerprint density at radius 3 is 2.59 bits per heavy atom. The minimum Gasteiger partial charge on any atom is -0.355 e. The average Bonchev–Trinajstić information content (AvgIpc) is 3.45. The average molecular weight is 519 g/mol. The molecule has 0 unspecified atom stereocenters. The van der Waals surface area contributed by atoms with Gasteiger partial charge in [0.1, 0.15) is 23.5 Å². The van der Waals surface area contributed by atoms with Gasteiger partial charge >= 0.3 is 11.9 Å². The number of alkyl halides is 3. The molecule has 1 saturated heterocycles. The number of nitrogens with zero attached hydrogens (tertiary/aromatic N) is 6. The summed E-state index contributed by atoms with van der Waals surface area (Å²) < 4.78 is 55.7. The van der Waals surface area contributed by atoms with Crippen LogP contribution in [0, 0.1) is 5.82 Å². The van der Waals surface area contributed by atoms with Crippen molar-refractivity contribution in [3.8, 4) is 11.3 Å². The van der Waals surface area contributed by atoms with Gasteiger partial charge in [-0.3, -0.25) is 4.98 Å². The molecule has 0 radical (unpaired) electrons. The van der Waals surface area contributed by atoms with E-state index in [2.05, 4.69) is 24.8 Å². The van der Waals surface area contributed by atoms with Gasteiger partial charge < -0.3 is 19.4 Å². The first-order valence-electron chi connectivity index (χ1n) is 11.9. The van der Waals surface area contributed by atoms with E-state index in [9.17, 15) is 22.4 Å². The molecule has 37 heavy (non-hydrogen) atoms. The third-order valence-electron chi connectivity index (χ3n) is 6.62. The summed E-state index contributed by atoms with van der Waals surface area (Å²) in [4.78, 5) is 34.4. The second-order valence-corrected chi connectivity index (χ2v) is 9.43. The number of nitrogens with one attached hydrogen (secondary N) is 2. The second-order valence-electron chi connectivity index (χ2n) is 9.43. The fourth-order valence-corrected chi connectivity index (χ4v) is 4.71. The first-order chi connectivity index (χ1) is 17.6. The number of halogens is 4. The van der Waals surface area contributed by atoms with E-state index in [-0.39, 0.29) is 17.2 Å². The summed E-state index contributed by atoms with van der Waals surface area (Å²) in [6, 6.07) is 2.98. The Kier molecular flexibility index (Phi) is 6.48. The van der Waals surface area contributed by atoms with Crippen LogP contribution in [0.25, 0.3) is 22.4 Å². The van der Waals surface area contributed by atoms with Crippen LogP contribution in [0.3, 0.4) is 0 Å². The van der Waals surface area contributed by atoms with Crippen LogP contribution in [0.4, 0.5) is 23.4 Å². The largest absolute Gasteiger partial charge is 0.419 e. The summed E-state index contributed by atoms with van der Waals surface area (Å²) in [5.74, 6) is 0.192. The van der Waals surface area contributed by atoms with Gasteiger partial charge in [0.15, 0.2) is 11.5 Å². The zero-order valence-corrected chi connectivity index (χ0v) is 20.3. The fourth-order valence-electron chi connectivity index (χ4n) is 4.71. The molecule has 0 spiro atoms. The highest BCUT2D eigenvalue weighted by Crippen LogP contribution is 2.36. The quantitative estimate of drug-likeness (QED) is 0.379. The monoisotopic (exact) mass is 518 g/mol. The Labute approximate surface area is 209 Å². The number of rotatable bonds is 6. The lowest BCUT2D eigenvalue weighted by atomic mass is 9.95. The Morgan fingerprint density at radius 2 is 1.89 bits per heavy atom. The van der Waals surface area contributed by atoms with Gasteiger partial charge in [0, 0.05) is 43.9 Å². The van der Waals surface area contributed by atoms with Crippen LogP contribution in [0.1, 0.15) is 30.1 Å². The summed E-state index contributed by atoms with van der Waals surface area (Å²) in [6.45, 7) is 2.63. The summed E-state index contributed by atoms with van der Waals surface area (Å²) in [5, 5.41) is 0. The van der Waals surface area contributed by atoms with Crippen molar-refractivity contribution in [2.75, 3.05) is 38.6 Å². The number of aromatic nitrogens is 6. The highest BCUT2D eigenvalue weighted by Gasteiger charge is 2.35. The molecule has 3 aromatic heterocycles. The molecule has 1 aromatic carbocycles. The number of H-pyrrole nitrogens is 2. The minimum atomic E-state index is -4.79. The van der Waals surface area contributed by atoms with Crippen LogP contribution < -0.4 is 10.6 Å². The lowest BCUT2D eigenvalue weighted by Gasteiger charge is -2.32. The Balaban J connectivity index is 1.42. The van der Waals surface area contributed by atoms with Crippen molar-refractivity contribution in [1.29, 1.82) is 0 Å². The number of fused-ring (bicyclic) bond motifs is 1. The van der Waals surface area contributed by atoms with Gasteiger partial charge in [-0.05, 0) is 45.1 Å². The number of benzene rings is 1. The Morgan fingerprint density at radius 1 is 1.14 bits per heavy atom. The zero-order chi connectivity index (χ0) is 26.3. The third kappa shape index (κ3) is 5.08. The summed E-state index contributed by atoms with van der Waals surface area (Å²) in [7, 11) is 3.89. The lowest BCUT2D eigenvalue weighted by molar-refractivity contribution is -0.139. The predicted octanol–water partition coefficient (Wildman–Crippen LogP) is 3.61. The van der Waals surface area contributed by atoms with Crippen LogP contribution in [0.5, 0.6) is 0 Å². The smallest absolute Gasteiger partial charge is 0.355 e. The van der Waals surface area contributed by atoms with Crippen LogP contribution in [-0.2, 0) is 12.7 Å². The highest BCUT2D eigenvalue weighted by atomic mass is 19.4. The lowest BCUT2D eigenvalue weighted by Crippen LogP contribution is -2.34. The van der Waals surface area contributed by atoms with Crippen LogP contribution in [0.2, 0.25) is 0 Å². The van der Waals surface area contributed by atoms with E-state index in [4.69, 9.17) is 4.98 Å². The number of piperidine rings is 1. The van der Waals surface area contributed by atoms with Gasteiger partial charge in [0.2, 0.25) is 0 Å². The summed E-state index contributed by atoms with van der Waals surface area (Å²) in [5.41, 5.74) is -0.0610. The number of likely N-dealkylation sites (N-methyl/N-ethyl adjacent to an activating group) is 1. The van der Waals surface area contributed by atoms with Crippen molar-refractivity contribution in [2.45, 2.75) is 31.5 Å². The molecule has 1 aliphatic rings. The maximum atomic E-state index is 13.9. The molecule has 0 atom stereocenters. The normalized spacial score (nSPS) is 15.3. The summed E-state index contributed by atoms with van der Waals surface area (Å²) >= 11 is 0. The third-order valence-corrected chi connectivity index (χ3v) is 6.62. The Hall–Kier alpha value is -3.74. The fraction of sp³-hybridized carbons (Fsp3) is 0.417. The van der Waals surface area contributed by atoms with Crippen molar-refractivity contribution in [3.05, 3.63) is 58.4 Å². The molecule has 9 nitrogen and oxygen atoms in total. The van der Waals surface area contributed by atoms with Crippen LogP contribution in [0.15, 0.2) is 35.5 Å². The van der Waals surface area contributed by atoms with E-state index in [0.29, 0.717) is 42.3 Å².